The van der Waals surface area contributed by atoms with Crippen LogP contribution in [-0.2, 0) is 0 Å². The molecule has 0 aliphatic heterocycles. The molecule has 14 heavy (non-hydrogen) atoms. The van der Waals surface area contributed by atoms with Crippen molar-refractivity contribution in [2.75, 3.05) is 0 Å². The van der Waals surface area contributed by atoms with Gasteiger partial charge in [-0.2, -0.15) is 0 Å². The van der Waals surface area contributed by atoms with Crippen LogP contribution in [0.5, 0.6) is 0 Å². The summed E-state index contributed by atoms with van der Waals surface area (Å²) in [6.45, 7) is 0. The van der Waals surface area contributed by atoms with Gasteiger partial charge in [0.05, 0.1) is 0 Å². The second kappa shape index (κ2) is 4.90. The summed E-state index contributed by atoms with van der Waals surface area (Å²) in [7, 11) is 0. The standard InChI is InChI=1S/C12H20FN/c13-10-6-8-12(9-7-10)14-11-4-2-1-3-5-11/h10-11H,1-9H2. The van der Waals surface area contributed by atoms with Crippen LogP contribution in [0, 0.1) is 0 Å². The Labute approximate surface area is 85.8 Å². The molecule has 0 bridgehead atoms. The number of hydrogen-bond donors (Lipinski definition) is 0. The van der Waals surface area contributed by atoms with Crippen molar-refractivity contribution >= 4 is 5.71 Å². The van der Waals surface area contributed by atoms with Crippen LogP contribution in [0.2, 0.25) is 0 Å². The zero-order valence-electron chi connectivity index (χ0n) is 8.84. The second-order valence-corrected chi connectivity index (χ2v) is 4.66. The first-order valence-corrected chi connectivity index (χ1v) is 6.04. The monoisotopic (exact) mass is 197 g/mol. The molecule has 2 saturated carbocycles. The Kier molecular flexibility index (Phi) is 3.55. The minimum atomic E-state index is -0.555. The Morgan fingerprint density at radius 2 is 1.57 bits per heavy atom. The Morgan fingerprint density at radius 3 is 2.21 bits per heavy atom. The lowest BCUT2D eigenvalue weighted by molar-refractivity contribution is 0.291. The van der Waals surface area contributed by atoms with Crippen molar-refractivity contribution in [1.82, 2.24) is 0 Å². The van der Waals surface area contributed by atoms with E-state index in [1.807, 2.05) is 0 Å². The van der Waals surface area contributed by atoms with Gasteiger partial charge < -0.3 is 0 Å². The van der Waals surface area contributed by atoms with Gasteiger partial charge in [-0.3, -0.25) is 4.99 Å². The van der Waals surface area contributed by atoms with Gasteiger partial charge in [-0.25, -0.2) is 4.39 Å². The molecule has 0 amide bonds. The largest absolute Gasteiger partial charge is 0.291 e. The van der Waals surface area contributed by atoms with Crippen LogP contribution in [0.4, 0.5) is 4.39 Å². The fourth-order valence-electron chi connectivity index (χ4n) is 2.51. The molecule has 0 N–H and O–H groups in total. The molecule has 0 aromatic heterocycles. The highest BCUT2D eigenvalue weighted by Crippen LogP contribution is 2.24. The van der Waals surface area contributed by atoms with E-state index in [0.717, 1.165) is 12.8 Å². The Balaban J connectivity index is 1.83. The molecule has 2 aliphatic rings. The number of aliphatic imine (C=N–C) groups is 1. The van der Waals surface area contributed by atoms with E-state index in [0.29, 0.717) is 18.9 Å². The molecule has 0 heterocycles. The highest BCUT2D eigenvalue weighted by Gasteiger charge is 2.18. The number of rotatable bonds is 1. The minimum absolute atomic E-state index is 0.555. The quantitative estimate of drug-likeness (QED) is 0.608. The summed E-state index contributed by atoms with van der Waals surface area (Å²) in [5.41, 5.74) is 1.30. The predicted octanol–water partition coefficient (Wildman–Crippen LogP) is 3.67. The van der Waals surface area contributed by atoms with Crippen LogP contribution >= 0.6 is 0 Å². The summed E-state index contributed by atoms with van der Waals surface area (Å²) in [6.07, 6.45) is 9.30. The first kappa shape index (κ1) is 10.1. The molecule has 0 aromatic carbocycles. The maximum atomic E-state index is 12.9. The molecular formula is C12H20FN. The fraction of sp³-hybridized carbons (Fsp3) is 0.917. The molecule has 2 heteroatoms. The lowest BCUT2D eigenvalue weighted by Crippen LogP contribution is -2.18. The van der Waals surface area contributed by atoms with Gasteiger partial charge in [0, 0.05) is 11.8 Å². The molecule has 2 rings (SSSR count). The van der Waals surface area contributed by atoms with E-state index < -0.39 is 6.17 Å². The Bertz CT molecular complexity index is 196. The number of alkyl halides is 1. The van der Waals surface area contributed by atoms with Crippen LogP contribution in [0.1, 0.15) is 57.8 Å². The van der Waals surface area contributed by atoms with Crippen molar-refractivity contribution in [2.24, 2.45) is 4.99 Å². The average molecular weight is 197 g/mol. The van der Waals surface area contributed by atoms with Gasteiger partial charge in [-0.15, -0.1) is 0 Å². The third-order valence-electron chi connectivity index (χ3n) is 3.43. The normalized spacial score (nSPS) is 30.4. The summed E-state index contributed by atoms with van der Waals surface area (Å²) >= 11 is 0. The van der Waals surface area contributed by atoms with Crippen molar-refractivity contribution < 1.29 is 4.39 Å². The predicted molar refractivity (Wildman–Crippen MR) is 57.7 cm³/mol. The average Bonchev–Trinajstić information content (AvgIpc) is 2.23. The first-order chi connectivity index (χ1) is 6.84. The summed E-state index contributed by atoms with van der Waals surface area (Å²) < 4.78 is 12.9. The molecule has 80 valence electrons. The van der Waals surface area contributed by atoms with Gasteiger partial charge in [-0.05, 0) is 38.5 Å². The molecular weight excluding hydrogens is 177 g/mol. The number of halogens is 1. The molecule has 0 aromatic rings. The van der Waals surface area contributed by atoms with Gasteiger partial charge in [0.1, 0.15) is 6.17 Å². The van der Waals surface area contributed by atoms with Crippen LogP contribution < -0.4 is 0 Å². The van der Waals surface area contributed by atoms with Crippen LogP contribution in [0.15, 0.2) is 4.99 Å². The SMILES string of the molecule is FC1CCC(=NC2CCCCC2)CC1. The highest BCUT2D eigenvalue weighted by molar-refractivity contribution is 5.85. The van der Waals surface area contributed by atoms with Gasteiger partial charge in [0.2, 0.25) is 0 Å². The maximum Gasteiger partial charge on any atom is 0.101 e. The smallest absolute Gasteiger partial charge is 0.101 e. The van der Waals surface area contributed by atoms with Crippen LogP contribution in [0.25, 0.3) is 0 Å². The molecule has 1 nitrogen and oxygen atoms in total. The molecule has 0 atom stereocenters. The zero-order chi connectivity index (χ0) is 9.80. The summed E-state index contributed by atoms with van der Waals surface area (Å²) in [6, 6.07) is 0.579. The molecule has 2 aliphatic carbocycles. The van der Waals surface area contributed by atoms with Gasteiger partial charge in [0.25, 0.3) is 0 Å². The van der Waals surface area contributed by atoms with Crippen molar-refractivity contribution in [1.29, 1.82) is 0 Å². The zero-order valence-corrected chi connectivity index (χ0v) is 8.84. The summed E-state index contributed by atoms with van der Waals surface area (Å²) in [5, 5.41) is 0. The van der Waals surface area contributed by atoms with E-state index in [2.05, 4.69) is 0 Å². The van der Waals surface area contributed by atoms with E-state index in [4.69, 9.17) is 4.99 Å². The van der Waals surface area contributed by atoms with Crippen molar-refractivity contribution in [3.05, 3.63) is 0 Å². The van der Waals surface area contributed by atoms with E-state index in [1.165, 1.54) is 37.8 Å². The van der Waals surface area contributed by atoms with Gasteiger partial charge in [0.15, 0.2) is 0 Å². The van der Waals surface area contributed by atoms with Crippen molar-refractivity contribution in [3.8, 4) is 0 Å². The van der Waals surface area contributed by atoms with E-state index in [-0.39, 0.29) is 0 Å². The lowest BCUT2D eigenvalue weighted by atomic mass is 9.93. The van der Waals surface area contributed by atoms with Crippen LogP contribution in [-0.4, -0.2) is 17.9 Å². The lowest BCUT2D eigenvalue weighted by Gasteiger charge is -2.22. The summed E-state index contributed by atoms with van der Waals surface area (Å²) in [5.74, 6) is 0. The highest BCUT2D eigenvalue weighted by atomic mass is 19.1. The number of hydrogen-bond acceptors (Lipinski definition) is 1. The van der Waals surface area contributed by atoms with E-state index >= 15 is 0 Å². The first-order valence-electron chi connectivity index (χ1n) is 6.04. The third kappa shape index (κ3) is 2.79. The van der Waals surface area contributed by atoms with Crippen molar-refractivity contribution in [2.45, 2.75) is 70.0 Å². The molecule has 0 saturated heterocycles. The molecule has 0 spiro atoms. The van der Waals surface area contributed by atoms with E-state index in [9.17, 15) is 4.39 Å². The molecule has 0 unspecified atom stereocenters. The third-order valence-corrected chi connectivity index (χ3v) is 3.43. The Hall–Kier alpha value is -0.400. The van der Waals surface area contributed by atoms with Crippen LogP contribution in [0.3, 0.4) is 0 Å². The maximum absolute atomic E-state index is 12.9. The summed E-state index contributed by atoms with van der Waals surface area (Å²) in [4.78, 5) is 4.78. The Morgan fingerprint density at radius 1 is 0.929 bits per heavy atom. The molecule has 2 fully saturated rings. The molecule has 0 radical (unpaired) electrons. The topological polar surface area (TPSA) is 12.4 Å². The van der Waals surface area contributed by atoms with Gasteiger partial charge in [-0.1, -0.05) is 19.3 Å². The van der Waals surface area contributed by atoms with E-state index in [1.54, 1.807) is 0 Å². The van der Waals surface area contributed by atoms with Crippen molar-refractivity contribution in [3.63, 3.8) is 0 Å². The second-order valence-electron chi connectivity index (χ2n) is 4.66. The number of nitrogens with zero attached hydrogens (tertiary/aromatic N) is 1. The fourth-order valence-corrected chi connectivity index (χ4v) is 2.51. The van der Waals surface area contributed by atoms with Gasteiger partial charge >= 0.3 is 0 Å². The minimum Gasteiger partial charge on any atom is -0.291 e.